The van der Waals surface area contributed by atoms with E-state index in [2.05, 4.69) is 10.6 Å². The topological polar surface area (TPSA) is 89.4 Å². The molecule has 2 aromatic heterocycles. The number of aryl methyl sites for hydroxylation is 2. The van der Waals surface area contributed by atoms with Gasteiger partial charge in [-0.15, -0.1) is 11.3 Å². The minimum Gasteiger partial charge on any atom is -0.461 e. The lowest BCUT2D eigenvalue weighted by molar-refractivity contribution is -0.137. The van der Waals surface area contributed by atoms with Gasteiger partial charge in [-0.2, -0.15) is 13.2 Å². The summed E-state index contributed by atoms with van der Waals surface area (Å²) < 4.78 is 45.9. The first-order valence-electron chi connectivity index (χ1n) is 11.2. The number of thiophene rings is 1. The van der Waals surface area contributed by atoms with Gasteiger partial charge in [-0.3, -0.25) is 9.59 Å². The molecule has 4 rings (SSSR count). The lowest BCUT2D eigenvalue weighted by atomic mass is 9.96. The van der Waals surface area contributed by atoms with E-state index in [4.69, 9.17) is 4.74 Å². The Balaban J connectivity index is 1.77. The first-order chi connectivity index (χ1) is 16.6. The third-order valence-corrected chi connectivity index (χ3v) is 7.01. The summed E-state index contributed by atoms with van der Waals surface area (Å²) in [7, 11) is 0. The molecule has 0 saturated heterocycles. The van der Waals surface area contributed by atoms with Gasteiger partial charge in [-0.1, -0.05) is 6.07 Å². The SMILES string of the molecule is CCOC(=O)c1c(NC(C)=O)c2c3c(sc2n1CC(=O)Nc1cccc(C(F)(F)F)c1)CCCC3. The molecular weight excluding hydrogens is 483 g/mol. The molecule has 1 aliphatic rings. The van der Waals surface area contributed by atoms with Gasteiger partial charge in [0.25, 0.3) is 0 Å². The van der Waals surface area contributed by atoms with Crippen LogP contribution in [0.4, 0.5) is 24.5 Å². The molecule has 2 N–H and O–H groups in total. The number of alkyl halides is 3. The van der Waals surface area contributed by atoms with E-state index in [0.717, 1.165) is 53.6 Å². The third kappa shape index (κ3) is 5.04. The monoisotopic (exact) mass is 507 g/mol. The predicted octanol–water partition coefficient (Wildman–Crippen LogP) is 5.37. The first-order valence-corrected chi connectivity index (χ1v) is 12.0. The van der Waals surface area contributed by atoms with Gasteiger partial charge in [0.2, 0.25) is 11.8 Å². The van der Waals surface area contributed by atoms with Crippen LogP contribution in [0.15, 0.2) is 24.3 Å². The fourth-order valence-corrected chi connectivity index (χ4v) is 5.73. The zero-order valence-electron chi connectivity index (χ0n) is 19.2. The van der Waals surface area contributed by atoms with E-state index < -0.39 is 23.6 Å². The first kappa shape index (κ1) is 24.8. The van der Waals surface area contributed by atoms with Crippen LogP contribution in [0.5, 0.6) is 0 Å². The quantitative estimate of drug-likeness (QED) is 0.439. The van der Waals surface area contributed by atoms with E-state index in [1.807, 2.05) is 0 Å². The molecule has 0 atom stereocenters. The summed E-state index contributed by atoms with van der Waals surface area (Å²) in [5.74, 6) is -1.69. The molecule has 1 aliphatic carbocycles. The molecule has 1 aromatic carbocycles. The average molecular weight is 508 g/mol. The number of halogens is 3. The van der Waals surface area contributed by atoms with Crippen molar-refractivity contribution in [2.75, 3.05) is 17.2 Å². The van der Waals surface area contributed by atoms with Gasteiger partial charge in [-0.05, 0) is 56.4 Å². The molecule has 11 heteroatoms. The summed E-state index contributed by atoms with van der Waals surface area (Å²) in [5.41, 5.74) is 0.485. The van der Waals surface area contributed by atoms with Crippen LogP contribution in [0.3, 0.4) is 0 Å². The number of ether oxygens (including phenoxy) is 1. The number of anilines is 2. The number of benzene rings is 1. The number of hydrogen-bond donors (Lipinski definition) is 2. The van der Waals surface area contributed by atoms with E-state index in [-0.39, 0.29) is 30.4 Å². The van der Waals surface area contributed by atoms with Gasteiger partial charge < -0.3 is 19.9 Å². The van der Waals surface area contributed by atoms with Crippen molar-refractivity contribution in [1.29, 1.82) is 0 Å². The summed E-state index contributed by atoms with van der Waals surface area (Å²) in [6, 6.07) is 4.33. The van der Waals surface area contributed by atoms with Crippen molar-refractivity contribution in [2.45, 2.75) is 52.3 Å². The molecule has 0 bridgehead atoms. The highest BCUT2D eigenvalue weighted by Gasteiger charge is 2.32. The molecule has 3 aromatic rings. The van der Waals surface area contributed by atoms with Gasteiger partial charge in [0, 0.05) is 22.9 Å². The molecule has 0 aliphatic heterocycles. The van der Waals surface area contributed by atoms with Crippen LogP contribution in [0.1, 0.15) is 53.2 Å². The number of hydrogen-bond acceptors (Lipinski definition) is 5. The summed E-state index contributed by atoms with van der Waals surface area (Å²) in [6.45, 7) is 2.72. The maximum absolute atomic E-state index is 13.1. The number of nitrogens with one attached hydrogen (secondary N) is 2. The number of fused-ring (bicyclic) bond motifs is 3. The number of rotatable bonds is 6. The highest BCUT2D eigenvalue weighted by molar-refractivity contribution is 7.19. The minimum atomic E-state index is -4.55. The molecule has 0 radical (unpaired) electrons. The van der Waals surface area contributed by atoms with Crippen LogP contribution >= 0.6 is 11.3 Å². The molecule has 186 valence electrons. The molecule has 0 fully saturated rings. The lowest BCUT2D eigenvalue weighted by Gasteiger charge is -2.14. The molecular formula is C24H24F3N3O4S. The van der Waals surface area contributed by atoms with Gasteiger partial charge in [0.15, 0.2) is 5.69 Å². The number of amides is 2. The number of nitrogens with zero attached hydrogens (tertiary/aromatic N) is 1. The van der Waals surface area contributed by atoms with Crippen molar-refractivity contribution < 1.29 is 32.3 Å². The fourth-order valence-electron chi connectivity index (χ4n) is 4.33. The van der Waals surface area contributed by atoms with Crippen molar-refractivity contribution in [3.8, 4) is 0 Å². The fraction of sp³-hybridized carbons (Fsp3) is 0.375. The van der Waals surface area contributed by atoms with Crippen LogP contribution in [0.2, 0.25) is 0 Å². The van der Waals surface area contributed by atoms with Gasteiger partial charge >= 0.3 is 12.1 Å². The van der Waals surface area contributed by atoms with Crippen molar-refractivity contribution >= 4 is 50.7 Å². The standard InChI is InChI=1S/C24H24F3N3O4S/c1-3-34-23(33)21-20(28-13(2)31)19-16-9-4-5-10-17(16)35-22(19)30(21)12-18(32)29-15-8-6-7-14(11-15)24(25,26)27/h6-8,11H,3-5,9-10,12H2,1-2H3,(H,28,31)(H,29,32). The molecule has 2 heterocycles. The van der Waals surface area contributed by atoms with Crippen molar-refractivity contribution in [1.82, 2.24) is 4.57 Å². The van der Waals surface area contributed by atoms with E-state index in [9.17, 15) is 27.6 Å². The second kappa shape index (κ2) is 9.73. The number of esters is 1. The molecule has 0 spiro atoms. The normalized spacial score (nSPS) is 13.4. The number of aromatic nitrogens is 1. The molecule has 35 heavy (non-hydrogen) atoms. The molecule has 2 amide bonds. The number of carbonyl (C=O) groups excluding carboxylic acids is 3. The Morgan fingerprint density at radius 2 is 1.89 bits per heavy atom. The van der Waals surface area contributed by atoms with E-state index in [0.29, 0.717) is 10.5 Å². The van der Waals surface area contributed by atoms with Crippen molar-refractivity contribution in [3.05, 3.63) is 46.0 Å². The summed E-state index contributed by atoms with van der Waals surface area (Å²) in [5, 5.41) is 5.95. The Morgan fingerprint density at radius 3 is 2.57 bits per heavy atom. The van der Waals surface area contributed by atoms with Crippen LogP contribution in [0.25, 0.3) is 10.2 Å². The number of carbonyl (C=O) groups is 3. The van der Waals surface area contributed by atoms with E-state index in [1.54, 1.807) is 6.92 Å². The zero-order chi connectivity index (χ0) is 25.3. The second-order valence-corrected chi connectivity index (χ2v) is 9.31. The smallest absolute Gasteiger partial charge is 0.416 e. The minimum absolute atomic E-state index is 0.0153. The highest BCUT2D eigenvalue weighted by atomic mass is 32.1. The highest BCUT2D eigenvalue weighted by Crippen LogP contribution is 2.44. The van der Waals surface area contributed by atoms with Gasteiger partial charge in [-0.25, -0.2) is 4.79 Å². The maximum Gasteiger partial charge on any atom is 0.416 e. The summed E-state index contributed by atoms with van der Waals surface area (Å²) >= 11 is 1.45. The van der Waals surface area contributed by atoms with Crippen LogP contribution in [0, 0.1) is 0 Å². The van der Waals surface area contributed by atoms with Crippen molar-refractivity contribution in [3.63, 3.8) is 0 Å². The molecule has 7 nitrogen and oxygen atoms in total. The van der Waals surface area contributed by atoms with Crippen LogP contribution in [-0.2, 0) is 39.9 Å². The lowest BCUT2D eigenvalue weighted by Crippen LogP contribution is -2.23. The second-order valence-electron chi connectivity index (χ2n) is 8.23. The average Bonchev–Trinajstić information content (AvgIpc) is 3.29. The van der Waals surface area contributed by atoms with Gasteiger partial charge in [0.05, 0.1) is 17.9 Å². The molecule has 0 saturated carbocycles. The molecule has 0 unspecified atom stereocenters. The largest absolute Gasteiger partial charge is 0.461 e. The summed E-state index contributed by atoms with van der Waals surface area (Å²) in [4.78, 5) is 39.7. The Hall–Kier alpha value is -3.34. The van der Waals surface area contributed by atoms with E-state index in [1.165, 1.54) is 35.0 Å². The maximum atomic E-state index is 13.1. The van der Waals surface area contributed by atoms with Crippen molar-refractivity contribution in [2.24, 2.45) is 0 Å². The zero-order valence-corrected chi connectivity index (χ0v) is 20.0. The third-order valence-electron chi connectivity index (χ3n) is 5.70. The van der Waals surface area contributed by atoms with Crippen LogP contribution in [-0.4, -0.2) is 29.0 Å². The predicted molar refractivity (Wildman–Crippen MR) is 127 cm³/mol. The summed E-state index contributed by atoms with van der Waals surface area (Å²) in [6.07, 6.45) is -0.918. The Bertz CT molecular complexity index is 1310. The Morgan fingerprint density at radius 1 is 1.14 bits per heavy atom. The van der Waals surface area contributed by atoms with Gasteiger partial charge in [0.1, 0.15) is 11.4 Å². The van der Waals surface area contributed by atoms with Crippen LogP contribution < -0.4 is 10.6 Å². The Kier molecular flexibility index (Phi) is 6.88. The van der Waals surface area contributed by atoms with E-state index >= 15 is 0 Å². The Labute approximate surface area is 203 Å².